The van der Waals surface area contributed by atoms with Crippen LogP contribution < -0.4 is 11.1 Å². The minimum Gasteiger partial charge on any atom is -0.343 e. The molecule has 0 saturated heterocycles. The molecule has 0 aliphatic rings. The molecule has 8 heteroatoms. The molecule has 0 radical (unpaired) electrons. The molecule has 6 nitrogen and oxygen atoms in total. The molecular weight excluding hydrogens is 311 g/mol. The van der Waals surface area contributed by atoms with Gasteiger partial charge in [0.15, 0.2) is 0 Å². The van der Waals surface area contributed by atoms with Gasteiger partial charge in [0.2, 0.25) is 17.6 Å². The van der Waals surface area contributed by atoms with Crippen molar-refractivity contribution in [1.82, 2.24) is 15.5 Å². The van der Waals surface area contributed by atoms with Gasteiger partial charge in [0.25, 0.3) is 0 Å². The van der Waals surface area contributed by atoms with E-state index in [1.807, 2.05) is 0 Å². The molecular formula is C14H18ClFN4O2. The van der Waals surface area contributed by atoms with Crippen molar-refractivity contribution in [2.45, 2.75) is 32.9 Å². The zero-order valence-corrected chi connectivity index (χ0v) is 13.3. The van der Waals surface area contributed by atoms with Crippen molar-refractivity contribution in [3.63, 3.8) is 0 Å². The second-order valence-electron chi connectivity index (χ2n) is 4.94. The first-order chi connectivity index (χ1) is 9.88. The van der Waals surface area contributed by atoms with E-state index in [9.17, 15) is 9.18 Å². The Labute approximate surface area is 133 Å². The summed E-state index contributed by atoms with van der Waals surface area (Å²) in [5.74, 6) is 0.0101. The summed E-state index contributed by atoms with van der Waals surface area (Å²) in [6, 6.07) is 3.49. The standard InChI is InChI=1S/C14H17FN4O2.ClH/c1-7-6-10(4-5-11(7)15)12-18-14(21-19-12)9(3)17-13(20)8(2)16;/h4-6,8-9H,16H2,1-3H3,(H,17,20);1H/t8-,9?;/m1./s1. The van der Waals surface area contributed by atoms with Gasteiger partial charge in [-0.15, -0.1) is 12.4 Å². The minimum absolute atomic E-state index is 0. The normalized spacial score (nSPS) is 13.1. The topological polar surface area (TPSA) is 94.0 Å². The van der Waals surface area contributed by atoms with Crippen molar-refractivity contribution in [3.8, 4) is 11.4 Å². The van der Waals surface area contributed by atoms with Crippen LogP contribution in [0.25, 0.3) is 11.4 Å². The average molecular weight is 329 g/mol. The number of nitrogens with two attached hydrogens (primary N) is 1. The number of carbonyl (C=O) groups excluding carboxylic acids is 1. The molecule has 22 heavy (non-hydrogen) atoms. The van der Waals surface area contributed by atoms with Crippen LogP contribution in [0.1, 0.15) is 31.3 Å². The summed E-state index contributed by atoms with van der Waals surface area (Å²) < 4.78 is 18.4. The van der Waals surface area contributed by atoms with Crippen molar-refractivity contribution < 1.29 is 13.7 Å². The highest BCUT2D eigenvalue weighted by Crippen LogP contribution is 2.21. The Kier molecular flexibility index (Phi) is 6.01. The number of aromatic nitrogens is 2. The fourth-order valence-corrected chi connectivity index (χ4v) is 1.72. The Morgan fingerprint density at radius 3 is 2.68 bits per heavy atom. The van der Waals surface area contributed by atoms with Crippen LogP contribution in [0.2, 0.25) is 0 Å². The van der Waals surface area contributed by atoms with E-state index in [2.05, 4.69) is 15.5 Å². The Morgan fingerprint density at radius 1 is 1.41 bits per heavy atom. The molecule has 0 aliphatic carbocycles. The lowest BCUT2D eigenvalue weighted by atomic mass is 10.1. The molecule has 2 aromatic rings. The number of rotatable bonds is 4. The lowest BCUT2D eigenvalue weighted by Gasteiger charge is -2.11. The number of halogens is 2. The van der Waals surface area contributed by atoms with Gasteiger partial charge in [0, 0.05) is 5.56 Å². The first kappa shape index (κ1) is 18.1. The maximum absolute atomic E-state index is 13.2. The molecule has 120 valence electrons. The Hall–Kier alpha value is -1.99. The van der Waals surface area contributed by atoms with Gasteiger partial charge in [-0.2, -0.15) is 4.98 Å². The number of hydrogen-bond acceptors (Lipinski definition) is 5. The van der Waals surface area contributed by atoms with Gasteiger partial charge < -0.3 is 15.6 Å². The highest BCUT2D eigenvalue weighted by Gasteiger charge is 2.19. The van der Waals surface area contributed by atoms with Crippen molar-refractivity contribution in [1.29, 1.82) is 0 Å². The van der Waals surface area contributed by atoms with E-state index in [1.54, 1.807) is 32.9 Å². The third kappa shape index (κ3) is 4.02. The molecule has 1 heterocycles. The van der Waals surface area contributed by atoms with Crippen LogP contribution in [0.3, 0.4) is 0 Å². The molecule has 1 unspecified atom stereocenters. The van der Waals surface area contributed by atoms with Gasteiger partial charge in [-0.1, -0.05) is 5.16 Å². The maximum Gasteiger partial charge on any atom is 0.249 e. The zero-order chi connectivity index (χ0) is 15.6. The number of aryl methyl sites for hydroxylation is 1. The summed E-state index contributed by atoms with van der Waals surface area (Å²) in [6.45, 7) is 4.96. The fraction of sp³-hybridized carbons (Fsp3) is 0.357. The van der Waals surface area contributed by atoms with Gasteiger partial charge in [-0.3, -0.25) is 4.79 Å². The predicted octanol–water partition coefficient (Wildman–Crippen LogP) is 2.13. The molecule has 2 rings (SSSR count). The van der Waals surface area contributed by atoms with Crippen molar-refractivity contribution in [2.24, 2.45) is 5.73 Å². The summed E-state index contributed by atoms with van der Waals surface area (Å²) >= 11 is 0. The third-order valence-corrected chi connectivity index (χ3v) is 3.00. The summed E-state index contributed by atoms with van der Waals surface area (Å²) in [7, 11) is 0. The van der Waals surface area contributed by atoms with Crippen LogP contribution >= 0.6 is 12.4 Å². The highest BCUT2D eigenvalue weighted by molar-refractivity contribution is 5.85. The Morgan fingerprint density at radius 2 is 2.09 bits per heavy atom. The first-order valence-electron chi connectivity index (χ1n) is 6.54. The van der Waals surface area contributed by atoms with E-state index >= 15 is 0 Å². The SMILES string of the molecule is Cc1cc(-c2noc(C(C)NC(=O)[C@@H](C)N)n2)ccc1F.Cl. The first-order valence-corrected chi connectivity index (χ1v) is 6.54. The number of benzene rings is 1. The lowest BCUT2D eigenvalue weighted by Crippen LogP contribution is -2.39. The van der Waals surface area contributed by atoms with Crippen LogP contribution in [0.5, 0.6) is 0 Å². The van der Waals surface area contributed by atoms with E-state index in [0.717, 1.165) is 0 Å². The van der Waals surface area contributed by atoms with Crippen LogP contribution in [0.4, 0.5) is 4.39 Å². The largest absolute Gasteiger partial charge is 0.343 e. The average Bonchev–Trinajstić information content (AvgIpc) is 2.91. The molecule has 0 aliphatic heterocycles. The van der Waals surface area contributed by atoms with E-state index in [0.29, 0.717) is 17.0 Å². The summed E-state index contributed by atoms with van der Waals surface area (Å²) in [6.07, 6.45) is 0. The second kappa shape index (κ2) is 7.33. The van der Waals surface area contributed by atoms with Crippen LogP contribution in [0, 0.1) is 12.7 Å². The Bertz CT molecular complexity index is 660. The maximum atomic E-state index is 13.2. The van der Waals surface area contributed by atoms with E-state index in [4.69, 9.17) is 10.3 Å². The quantitative estimate of drug-likeness (QED) is 0.896. The van der Waals surface area contributed by atoms with Gasteiger partial charge in [-0.05, 0) is 44.5 Å². The number of hydrogen-bond donors (Lipinski definition) is 2. The minimum atomic E-state index is -0.616. The van der Waals surface area contributed by atoms with Crippen LogP contribution in [0.15, 0.2) is 22.7 Å². The molecule has 2 atom stereocenters. The molecule has 1 aromatic heterocycles. The van der Waals surface area contributed by atoms with E-state index < -0.39 is 12.1 Å². The molecule has 0 saturated carbocycles. The Balaban J connectivity index is 0.00000242. The summed E-state index contributed by atoms with van der Waals surface area (Å²) in [4.78, 5) is 15.7. The zero-order valence-electron chi connectivity index (χ0n) is 12.5. The smallest absolute Gasteiger partial charge is 0.249 e. The number of nitrogens with zero attached hydrogens (tertiary/aromatic N) is 2. The molecule has 0 fully saturated rings. The number of amides is 1. The molecule has 1 amide bonds. The monoisotopic (exact) mass is 328 g/mol. The van der Waals surface area contributed by atoms with Crippen molar-refractivity contribution >= 4 is 18.3 Å². The van der Waals surface area contributed by atoms with Gasteiger partial charge >= 0.3 is 0 Å². The third-order valence-electron chi connectivity index (χ3n) is 3.00. The molecule has 1 aromatic carbocycles. The molecule has 0 bridgehead atoms. The second-order valence-corrected chi connectivity index (χ2v) is 4.94. The van der Waals surface area contributed by atoms with Crippen LogP contribution in [-0.2, 0) is 4.79 Å². The fourth-order valence-electron chi connectivity index (χ4n) is 1.72. The lowest BCUT2D eigenvalue weighted by molar-refractivity contribution is -0.122. The van der Waals surface area contributed by atoms with Crippen LogP contribution in [-0.4, -0.2) is 22.1 Å². The summed E-state index contributed by atoms with van der Waals surface area (Å²) in [5.41, 5.74) is 6.62. The van der Waals surface area contributed by atoms with Gasteiger partial charge in [0.05, 0.1) is 6.04 Å². The summed E-state index contributed by atoms with van der Waals surface area (Å²) in [5, 5.41) is 6.50. The molecule has 3 N–H and O–H groups in total. The highest BCUT2D eigenvalue weighted by atomic mass is 35.5. The van der Waals surface area contributed by atoms with Crippen molar-refractivity contribution in [2.75, 3.05) is 0 Å². The number of carbonyl (C=O) groups is 1. The van der Waals surface area contributed by atoms with Gasteiger partial charge in [0.1, 0.15) is 11.9 Å². The van der Waals surface area contributed by atoms with Gasteiger partial charge in [-0.25, -0.2) is 4.39 Å². The van der Waals surface area contributed by atoms with Crippen molar-refractivity contribution in [3.05, 3.63) is 35.5 Å². The molecule has 0 spiro atoms. The van der Waals surface area contributed by atoms with E-state index in [-0.39, 0.29) is 30.0 Å². The number of nitrogens with one attached hydrogen (secondary N) is 1. The van der Waals surface area contributed by atoms with E-state index in [1.165, 1.54) is 6.07 Å². The predicted molar refractivity (Wildman–Crippen MR) is 81.9 cm³/mol.